The Hall–Kier alpha value is -3.19. The summed E-state index contributed by atoms with van der Waals surface area (Å²) < 4.78 is 5.88. The molecule has 0 saturated carbocycles. The maximum Gasteiger partial charge on any atom is 0.295 e. The van der Waals surface area contributed by atoms with Gasteiger partial charge < -0.3 is 14.6 Å². The summed E-state index contributed by atoms with van der Waals surface area (Å²) in [6, 6.07) is 12.6. The molecule has 1 fully saturated rings. The molecule has 1 aliphatic rings. The summed E-state index contributed by atoms with van der Waals surface area (Å²) >= 11 is 1.56. The van der Waals surface area contributed by atoms with Gasteiger partial charge in [0.15, 0.2) is 5.58 Å². The van der Waals surface area contributed by atoms with Crippen molar-refractivity contribution in [3.8, 4) is 10.6 Å². The van der Waals surface area contributed by atoms with Crippen LogP contribution in [0, 0.1) is 19.8 Å². The molecule has 0 radical (unpaired) electrons. The highest BCUT2D eigenvalue weighted by atomic mass is 32.1. The van der Waals surface area contributed by atoms with Crippen molar-refractivity contribution < 1.29 is 9.21 Å². The minimum Gasteiger partial charge on any atom is -0.424 e. The van der Waals surface area contributed by atoms with Crippen molar-refractivity contribution in [1.29, 1.82) is 0 Å². The number of rotatable bonds is 5. The molecule has 2 aromatic carbocycles. The summed E-state index contributed by atoms with van der Waals surface area (Å²) in [6.45, 7) is 7.62. The van der Waals surface area contributed by atoms with Crippen LogP contribution >= 0.6 is 11.3 Å². The Morgan fingerprint density at radius 2 is 2.03 bits per heavy atom. The molecule has 170 valence electrons. The number of benzene rings is 2. The molecule has 1 aliphatic heterocycles. The minimum absolute atomic E-state index is 0.0488. The number of aryl methyl sites for hydroxylation is 2. The van der Waals surface area contributed by atoms with Crippen molar-refractivity contribution in [2.24, 2.45) is 5.92 Å². The Kier molecular flexibility index (Phi) is 5.89. The molecule has 1 saturated heterocycles. The van der Waals surface area contributed by atoms with Gasteiger partial charge >= 0.3 is 0 Å². The highest BCUT2D eigenvalue weighted by molar-refractivity contribution is 7.13. The van der Waals surface area contributed by atoms with E-state index in [0.717, 1.165) is 57.7 Å². The van der Waals surface area contributed by atoms with E-state index in [1.807, 2.05) is 60.5 Å². The lowest BCUT2D eigenvalue weighted by Crippen LogP contribution is -2.51. The third-order valence-corrected chi connectivity index (χ3v) is 7.26. The molecule has 5 rings (SSSR count). The molecule has 2 aromatic heterocycles. The van der Waals surface area contributed by atoms with E-state index >= 15 is 0 Å². The number of nitrogens with zero attached hydrogens (tertiary/aromatic N) is 3. The van der Waals surface area contributed by atoms with E-state index in [-0.39, 0.29) is 11.9 Å². The van der Waals surface area contributed by atoms with Gasteiger partial charge in [0, 0.05) is 30.2 Å². The number of nitrogens with one attached hydrogen (secondary N) is 1. The number of hydrogen-bond acceptors (Lipinski definition) is 6. The molecule has 0 spiro atoms. The highest BCUT2D eigenvalue weighted by Gasteiger charge is 2.33. The predicted octanol–water partition coefficient (Wildman–Crippen LogP) is 5.92. The van der Waals surface area contributed by atoms with Gasteiger partial charge in [0.1, 0.15) is 10.5 Å². The Labute approximate surface area is 197 Å². The van der Waals surface area contributed by atoms with E-state index in [4.69, 9.17) is 4.42 Å². The molecule has 7 heteroatoms. The van der Waals surface area contributed by atoms with Crippen molar-refractivity contribution in [3.05, 3.63) is 64.7 Å². The molecule has 4 aromatic rings. The molecule has 2 atom stereocenters. The standard InChI is InChI=1S/C26H28N4O2S/c1-16-6-8-19(24-27-10-12-33-24)20(13-16)25(31)30-11-4-5-18(3)22(30)15-28-26-29-21-14-17(2)7-9-23(21)32-26/h6-10,12-14,18,22H,4-5,11,15H2,1-3H3,(H,28,29)/t18-,22-/m1/s1. The number of thiazole rings is 1. The van der Waals surface area contributed by atoms with Gasteiger partial charge in [0.2, 0.25) is 0 Å². The fourth-order valence-electron chi connectivity index (χ4n) is 4.65. The van der Waals surface area contributed by atoms with E-state index in [2.05, 4.69) is 22.2 Å². The second-order valence-corrected chi connectivity index (χ2v) is 9.84. The number of likely N-dealkylation sites (tertiary alicyclic amines) is 1. The summed E-state index contributed by atoms with van der Waals surface area (Å²) in [4.78, 5) is 24.9. The van der Waals surface area contributed by atoms with E-state index < -0.39 is 0 Å². The first-order chi connectivity index (χ1) is 16.0. The maximum atomic E-state index is 13.8. The second-order valence-electron chi connectivity index (χ2n) is 8.94. The zero-order chi connectivity index (χ0) is 22.9. The minimum atomic E-state index is 0.0488. The monoisotopic (exact) mass is 460 g/mol. The van der Waals surface area contributed by atoms with Crippen LogP contribution in [0.15, 0.2) is 52.4 Å². The molecule has 0 aliphatic carbocycles. The van der Waals surface area contributed by atoms with Crippen LogP contribution in [0.5, 0.6) is 0 Å². The molecule has 6 nitrogen and oxygen atoms in total. The van der Waals surface area contributed by atoms with Gasteiger partial charge in [-0.2, -0.15) is 4.98 Å². The fraction of sp³-hybridized carbons (Fsp3) is 0.346. The Morgan fingerprint density at radius 1 is 1.21 bits per heavy atom. The van der Waals surface area contributed by atoms with Crippen molar-refractivity contribution in [1.82, 2.24) is 14.9 Å². The summed E-state index contributed by atoms with van der Waals surface area (Å²) in [7, 11) is 0. The maximum absolute atomic E-state index is 13.8. The van der Waals surface area contributed by atoms with Crippen molar-refractivity contribution in [2.75, 3.05) is 18.4 Å². The first-order valence-electron chi connectivity index (χ1n) is 11.4. The lowest BCUT2D eigenvalue weighted by molar-refractivity contribution is 0.0540. The third kappa shape index (κ3) is 4.37. The fourth-order valence-corrected chi connectivity index (χ4v) is 5.33. The van der Waals surface area contributed by atoms with Crippen LogP contribution in [0.1, 0.15) is 41.3 Å². The van der Waals surface area contributed by atoms with Crippen LogP contribution in [0.2, 0.25) is 0 Å². The average Bonchev–Trinajstić information content (AvgIpc) is 3.47. The highest BCUT2D eigenvalue weighted by Crippen LogP contribution is 2.31. The SMILES string of the molecule is Cc1ccc(-c2nccs2)c(C(=O)N2CCC[C@@H](C)[C@H]2CNc2nc3cc(C)ccc3o2)c1. The van der Waals surface area contributed by atoms with Crippen LogP contribution in [0.4, 0.5) is 6.01 Å². The molecular weight excluding hydrogens is 432 g/mol. The van der Waals surface area contributed by atoms with Gasteiger partial charge in [-0.3, -0.25) is 4.79 Å². The Bertz CT molecular complexity index is 1280. The van der Waals surface area contributed by atoms with Gasteiger partial charge in [-0.05, 0) is 56.4 Å². The lowest BCUT2D eigenvalue weighted by atomic mass is 9.89. The first-order valence-corrected chi connectivity index (χ1v) is 12.3. The second kappa shape index (κ2) is 8.98. The number of aromatic nitrogens is 2. The summed E-state index contributed by atoms with van der Waals surface area (Å²) in [5.41, 5.74) is 5.45. The van der Waals surface area contributed by atoms with Gasteiger partial charge in [-0.1, -0.05) is 30.7 Å². The first kappa shape index (κ1) is 21.6. The summed E-state index contributed by atoms with van der Waals surface area (Å²) in [5.74, 6) is 0.436. The number of piperidine rings is 1. The van der Waals surface area contributed by atoms with Crippen molar-refractivity contribution in [2.45, 2.75) is 39.7 Å². The van der Waals surface area contributed by atoms with Crippen LogP contribution in [-0.4, -0.2) is 39.9 Å². The van der Waals surface area contributed by atoms with Crippen LogP contribution in [0.3, 0.4) is 0 Å². The largest absolute Gasteiger partial charge is 0.424 e. The van der Waals surface area contributed by atoms with E-state index in [0.29, 0.717) is 18.5 Å². The van der Waals surface area contributed by atoms with Gasteiger partial charge in [0.05, 0.1) is 11.6 Å². The topological polar surface area (TPSA) is 71.3 Å². The van der Waals surface area contributed by atoms with Crippen molar-refractivity contribution in [3.63, 3.8) is 0 Å². The molecule has 0 bridgehead atoms. The lowest BCUT2D eigenvalue weighted by Gasteiger charge is -2.40. The van der Waals surface area contributed by atoms with Crippen LogP contribution in [0.25, 0.3) is 21.7 Å². The molecule has 3 heterocycles. The van der Waals surface area contributed by atoms with E-state index in [1.54, 1.807) is 17.5 Å². The predicted molar refractivity (Wildman–Crippen MR) is 133 cm³/mol. The van der Waals surface area contributed by atoms with Gasteiger partial charge in [-0.25, -0.2) is 4.98 Å². The van der Waals surface area contributed by atoms with Crippen molar-refractivity contribution >= 4 is 34.4 Å². The molecule has 1 N–H and O–H groups in total. The third-order valence-electron chi connectivity index (χ3n) is 6.45. The zero-order valence-electron chi connectivity index (χ0n) is 19.2. The number of carbonyl (C=O) groups excluding carboxylic acids is 1. The number of hydrogen-bond donors (Lipinski definition) is 1. The molecular formula is C26H28N4O2S. The number of oxazole rings is 1. The van der Waals surface area contributed by atoms with Crippen LogP contribution < -0.4 is 5.32 Å². The summed E-state index contributed by atoms with van der Waals surface area (Å²) in [5, 5.41) is 6.18. The average molecular weight is 461 g/mol. The Balaban J connectivity index is 1.40. The van der Waals surface area contributed by atoms with Gasteiger partial charge in [0.25, 0.3) is 11.9 Å². The molecule has 33 heavy (non-hydrogen) atoms. The van der Waals surface area contributed by atoms with Crippen LogP contribution in [-0.2, 0) is 0 Å². The zero-order valence-corrected chi connectivity index (χ0v) is 20.0. The van der Waals surface area contributed by atoms with E-state index in [1.165, 1.54) is 0 Å². The molecule has 1 amide bonds. The summed E-state index contributed by atoms with van der Waals surface area (Å²) in [6.07, 6.45) is 3.88. The number of fused-ring (bicyclic) bond motifs is 1. The Morgan fingerprint density at radius 3 is 2.85 bits per heavy atom. The van der Waals surface area contributed by atoms with Gasteiger partial charge in [-0.15, -0.1) is 11.3 Å². The number of carbonyl (C=O) groups is 1. The van der Waals surface area contributed by atoms with E-state index in [9.17, 15) is 4.79 Å². The molecule has 0 unspecified atom stereocenters. The quantitative estimate of drug-likeness (QED) is 0.400. The number of amides is 1. The normalized spacial score (nSPS) is 18.6. The number of anilines is 1. The smallest absolute Gasteiger partial charge is 0.295 e.